The highest BCUT2D eigenvalue weighted by Gasteiger charge is 2.12. The Kier molecular flexibility index (Phi) is 34.3. The second-order valence-electron chi connectivity index (χ2n) is 13.9. The van der Waals surface area contributed by atoms with E-state index >= 15 is 0 Å². The number of alkyl carbamates (subject to hydrolysis) is 1. The van der Waals surface area contributed by atoms with Gasteiger partial charge in [0.1, 0.15) is 13.2 Å². The zero-order valence-electron chi connectivity index (χ0n) is 31.7. The third-order valence-corrected chi connectivity index (χ3v) is 8.53. The van der Waals surface area contributed by atoms with E-state index in [0.717, 1.165) is 89.9 Å². The third-order valence-electron chi connectivity index (χ3n) is 8.53. The Balaban J connectivity index is 0. The molecular weight excluding hydrogens is 602 g/mol. The lowest BCUT2D eigenvalue weighted by atomic mass is 9.94. The summed E-state index contributed by atoms with van der Waals surface area (Å²) in [4.78, 5) is 36.1. The Morgan fingerprint density at radius 2 is 1.00 bits per heavy atom. The van der Waals surface area contributed by atoms with Gasteiger partial charge in [0, 0.05) is 20.8 Å². The number of amides is 1. The number of hydrogen-bond donors (Lipinski definition) is 1. The van der Waals surface area contributed by atoms with Gasteiger partial charge in [0.15, 0.2) is 0 Å². The number of allylic oxidation sites excluding steroid dienone is 2. The van der Waals surface area contributed by atoms with E-state index in [9.17, 15) is 14.4 Å². The van der Waals surface area contributed by atoms with Crippen LogP contribution in [0.5, 0.6) is 0 Å². The fourth-order valence-corrected chi connectivity index (χ4v) is 5.51. The maximum Gasteiger partial charge on any atom is 0.407 e. The van der Waals surface area contributed by atoms with Crippen molar-refractivity contribution in [3.8, 4) is 0 Å². The number of unbranched alkanes of at least 4 members (excludes halogenated alkanes) is 16. The van der Waals surface area contributed by atoms with E-state index in [0.29, 0.717) is 51.0 Å². The molecule has 0 saturated heterocycles. The van der Waals surface area contributed by atoms with Crippen molar-refractivity contribution in [1.29, 1.82) is 0 Å². The van der Waals surface area contributed by atoms with Crippen LogP contribution in [0.1, 0.15) is 183 Å². The number of carbonyl (C=O) groups is 3. The molecule has 282 valence electrons. The molecule has 7 nitrogen and oxygen atoms in total. The van der Waals surface area contributed by atoms with Crippen LogP contribution in [0, 0.1) is 11.8 Å². The van der Waals surface area contributed by atoms with Gasteiger partial charge in [0.05, 0.1) is 6.61 Å². The maximum atomic E-state index is 12.1. The Bertz CT molecular complexity index is 764. The zero-order chi connectivity index (χ0) is 35.3. The van der Waals surface area contributed by atoms with E-state index in [-0.39, 0.29) is 19.5 Å². The monoisotopic (exact) mass is 680 g/mol. The molecule has 0 spiro atoms. The Morgan fingerprint density at radius 3 is 1.46 bits per heavy atom. The fourth-order valence-electron chi connectivity index (χ4n) is 5.51. The summed E-state index contributed by atoms with van der Waals surface area (Å²) in [6.45, 7) is 10.4. The first-order valence-corrected chi connectivity index (χ1v) is 19.9. The summed E-state index contributed by atoms with van der Waals surface area (Å²) in [5.74, 6) is 0.551. The van der Waals surface area contributed by atoms with Gasteiger partial charge >= 0.3 is 18.0 Å². The van der Waals surface area contributed by atoms with Gasteiger partial charge in [-0.3, -0.25) is 9.59 Å². The van der Waals surface area contributed by atoms with Crippen molar-refractivity contribution < 1.29 is 30.0 Å². The second-order valence-corrected chi connectivity index (χ2v) is 13.9. The van der Waals surface area contributed by atoms with Crippen molar-refractivity contribution in [2.24, 2.45) is 11.8 Å². The first kappa shape index (κ1) is 45.7. The summed E-state index contributed by atoms with van der Waals surface area (Å²) in [6, 6.07) is 0. The Morgan fingerprint density at radius 1 is 0.562 bits per heavy atom. The van der Waals surface area contributed by atoms with E-state index in [1.54, 1.807) is 0 Å². The summed E-state index contributed by atoms with van der Waals surface area (Å²) in [5, 5.41) is 2.98. The summed E-state index contributed by atoms with van der Waals surface area (Å²) in [5.41, 5.74) is 0. The number of nitrogens with one attached hydrogen (secondary N) is 1. The smallest absolute Gasteiger partial charge is 0.407 e. The predicted molar refractivity (Wildman–Crippen MR) is 202 cm³/mol. The third kappa shape index (κ3) is 35.0. The van der Waals surface area contributed by atoms with Crippen molar-refractivity contribution in [1.82, 2.24) is 5.32 Å². The van der Waals surface area contributed by atoms with Crippen molar-refractivity contribution in [3.05, 3.63) is 24.3 Å². The molecule has 0 heterocycles. The van der Waals surface area contributed by atoms with Gasteiger partial charge in [-0.25, -0.2) is 4.79 Å². The van der Waals surface area contributed by atoms with E-state index in [1.165, 1.54) is 51.4 Å². The summed E-state index contributed by atoms with van der Waals surface area (Å²) < 4.78 is 16.0. The molecule has 0 aromatic carbocycles. The Labute approximate surface area is 297 Å². The van der Waals surface area contributed by atoms with E-state index in [4.69, 9.17) is 14.2 Å². The molecule has 0 fully saturated rings. The average Bonchev–Trinajstić information content (AvgIpc) is 3.07. The maximum absolute atomic E-state index is 12.1. The molecule has 0 saturated carbocycles. The molecule has 0 unspecified atom stereocenters. The van der Waals surface area contributed by atoms with Crippen molar-refractivity contribution in [2.45, 2.75) is 182 Å². The van der Waals surface area contributed by atoms with Crippen LogP contribution in [-0.2, 0) is 23.8 Å². The molecule has 0 aliphatic rings. The standard InChI is InChI=1S/C41H75NO6.H2/c1-5-7-9-11-13-21-27-33-46-39(43)31-25-19-15-17-23-29-38(35-42-41(45)48-36-37(3)4)30-24-18-16-20-26-32-40(44)47-34-28-22-14-12-10-8-6-2;/h21-22,27-28,37-38H,5-20,23-26,29-36H2,1-4H3,(H,42,45);1H/b27-21-,28-22-;. The number of hydrogen-bond acceptors (Lipinski definition) is 6. The van der Waals surface area contributed by atoms with Gasteiger partial charge in [0.25, 0.3) is 0 Å². The summed E-state index contributed by atoms with van der Waals surface area (Å²) in [6.07, 6.45) is 33.7. The SMILES string of the molecule is CCCCCC/C=C\COC(=O)CCCCCCCC(CCCCCCCC(=O)OC/C=C\CCCCCC)CNC(=O)OCC(C)C.[HH]. The van der Waals surface area contributed by atoms with Gasteiger partial charge < -0.3 is 19.5 Å². The van der Waals surface area contributed by atoms with E-state index in [1.807, 2.05) is 26.0 Å². The van der Waals surface area contributed by atoms with Crippen molar-refractivity contribution in [3.63, 3.8) is 0 Å². The number of carbonyl (C=O) groups excluding carboxylic acids is 3. The first-order chi connectivity index (χ1) is 23.4. The Hall–Kier alpha value is -2.31. The molecule has 7 heteroatoms. The van der Waals surface area contributed by atoms with Crippen LogP contribution in [0.4, 0.5) is 4.79 Å². The minimum Gasteiger partial charge on any atom is -0.461 e. The first-order valence-electron chi connectivity index (χ1n) is 19.9. The lowest BCUT2D eigenvalue weighted by Crippen LogP contribution is -2.30. The van der Waals surface area contributed by atoms with Crippen LogP contribution in [0.2, 0.25) is 0 Å². The van der Waals surface area contributed by atoms with Crippen LogP contribution in [0.15, 0.2) is 24.3 Å². The highest BCUT2D eigenvalue weighted by molar-refractivity contribution is 5.69. The zero-order valence-corrected chi connectivity index (χ0v) is 31.7. The highest BCUT2D eigenvalue weighted by atomic mass is 16.5. The van der Waals surface area contributed by atoms with Gasteiger partial charge in [-0.05, 0) is 63.2 Å². The predicted octanol–water partition coefficient (Wildman–Crippen LogP) is 11.8. The van der Waals surface area contributed by atoms with Gasteiger partial charge in [-0.2, -0.15) is 0 Å². The molecule has 0 radical (unpaired) electrons. The molecule has 0 aromatic rings. The molecule has 0 aliphatic heterocycles. The van der Waals surface area contributed by atoms with Gasteiger partial charge in [-0.15, -0.1) is 0 Å². The second kappa shape index (κ2) is 36.0. The normalized spacial score (nSPS) is 11.6. The van der Waals surface area contributed by atoms with Crippen molar-refractivity contribution >= 4 is 18.0 Å². The molecular formula is C41H77NO6. The van der Waals surface area contributed by atoms with E-state index in [2.05, 4.69) is 31.3 Å². The minimum atomic E-state index is -0.322. The molecule has 0 bridgehead atoms. The molecule has 1 N–H and O–H groups in total. The van der Waals surface area contributed by atoms with Gasteiger partial charge in [-0.1, -0.05) is 142 Å². The summed E-state index contributed by atoms with van der Waals surface area (Å²) in [7, 11) is 0. The van der Waals surface area contributed by atoms with E-state index < -0.39 is 0 Å². The molecule has 1 amide bonds. The lowest BCUT2D eigenvalue weighted by Gasteiger charge is -2.18. The molecule has 0 atom stereocenters. The summed E-state index contributed by atoms with van der Waals surface area (Å²) >= 11 is 0. The molecule has 0 rings (SSSR count). The topological polar surface area (TPSA) is 90.9 Å². The van der Waals surface area contributed by atoms with Crippen LogP contribution in [0.3, 0.4) is 0 Å². The number of esters is 2. The largest absolute Gasteiger partial charge is 0.461 e. The lowest BCUT2D eigenvalue weighted by molar-refractivity contribution is -0.143. The minimum absolute atomic E-state index is 0. The molecule has 48 heavy (non-hydrogen) atoms. The van der Waals surface area contributed by atoms with Crippen molar-refractivity contribution in [2.75, 3.05) is 26.4 Å². The molecule has 0 aliphatic carbocycles. The highest BCUT2D eigenvalue weighted by Crippen LogP contribution is 2.19. The average molecular weight is 680 g/mol. The number of ether oxygens (including phenoxy) is 3. The van der Waals surface area contributed by atoms with Crippen LogP contribution < -0.4 is 5.32 Å². The number of rotatable bonds is 34. The van der Waals surface area contributed by atoms with Crippen LogP contribution >= 0.6 is 0 Å². The fraction of sp³-hybridized carbons (Fsp3) is 0.829. The molecule has 0 aromatic heterocycles. The van der Waals surface area contributed by atoms with Crippen LogP contribution in [0.25, 0.3) is 0 Å². The quantitative estimate of drug-likeness (QED) is 0.0315. The van der Waals surface area contributed by atoms with Gasteiger partial charge in [0.2, 0.25) is 0 Å². The van der Waals surface area contributed by atoms with Crippen LogP contribution in [-0.4, -0.2) is 44.4 Å².